The van der Waals surface area contributed by atoms with E-state index in [1.54, 1.807) is 0 Å². The summed E-state index contributed by atoms with van der Waals surface area (Å²) in [5.74, 6) is -0.180. The molecule has 0 aliphatic carbocycles. The van der Waals surface area contributed by atoms with Crippen LogP contribution in [0, 0.1) is 5.92 Å². The number of carbonyl (C=O) groups excluding carboxylic acids is 2. The lowest BCUT2D eigenvalue weighted by molar-refractivity contribution is -0.123. The van der Waals surface area contributed by atoms with E-state index in [-0.39, 0.29) is 25.0 Å². The predicted molar refractivity (Wildman–Crippen MR) is 51.4 cm³/mol. The maximum atomic E-state index is 11.2. The van der Waals surface area contributed by atoms with Gasteiger partial charge in [0.25, 0.3) is 0 Å². The molecule has 1 atom stereocenters. The summed E-state index contributed by atoms with van der Waals surface area (Å²) in [5.41, 5.74) is 10.3. The van der Waals surface area contributed by atoms with Crippen molar-refractivity contribution in [1.29, 1.82) is 0 Å². The maximum Gasteiger partial charge on any atom is 0.404 e. The Hall–Kier alpha value is -1.30. The van der Waals surface area contributed by atoms with Gasteiger partial charge in [0, 0.05) is 0 Å². The highest BCUT2D eigenvalue weighted by Gasteiger charge is 2.16. The van der Waals surface area contributed by atoms with Crippen LogP contribution in [0.2, 0.25) is 0 Å². The molecule has 82 valence electrons. The number of hydrogen-bond acceptors (Lipinski definition) is 4. The van der Waals surface area contributed by atoms with Gasteiger partial charge in [-0.15, -0.1) is 0 Å². The van der Waals surface area contributed by atoms with E-state index in [2.05, 4.69) is 10.1 Å². The minimum atomic E-state index is -0.854. The zero-order valence-electron chi connectivity index (χ0n) is 8.45. The number of nitrogens with one attached hydrogen (secondary N) is 1. The Morgan fingerprint density at radius 1 is 1.43 bits per heavy atom. The van der Waals surface area contributed by atoms with Gasteiger partial charge in [-0.3, -0.25) is 4.79 Å². The number of hydrogen-bond donors (Lipinski definition) is 3. The van der Waals surface area contributed by atoms with E-state index in [1.807, 2.05) is 13.8 Å². The number of rotatable bonds is 5. The van der Waals surface area contributed by atoms with Gasteiger partial charge in [-0.1, -0.05) is 13.8 Å². The van der Waals surface area contributed by atoms with E-state index < -0.39 is 12.1 Å². The number of nitrogens with two attached hydrogens (primary N) is 2. The summed E-state index contributed by atoms with van der Waals surface area (Å²) in [5, 5.41) is 2.52. The van der Waals surface area contributed by atoms with Crippen molar-refractivity contribution in [2.45, 2.75) is 19.9 Å². The van der Waals surface area contributed by atoms with Crippen molar-refractivity contribution in [2.75, 3.05) is 13.2 Å². The molecule has 6 heteroatoms. The molecule has 0 aromatic carbocycles. The summed E-state index contributed by atoms with van der Waals surface area (Å²) < 4.78 is 4.42. The van der Waals surface area contributed by atoms with Crippen LogP contribution in [0.4, 0.5) is 4.79 Å². The van der Waals surface area contributed by atoms with Crippen molar-refractivity contribution in [3.8, 4) is 0 Å². The van der Waals surface area contributed by atoms with Gasteiger partial charge in [0.1, 0.15) is 6.61 Å². The normalized spacial score (nSPS) is 12.3. The lowest BCUT2D eigenvalue weighted by atomic mass is 10.1. The molecule has 2 amide bonds. The fourth-order valence-corrected chi connectivity index (χ4v) is 0.746. The van der Waals surface area contributed by atoms with Crippen LogP contribution in [0.1, 0.15) is 13.8 Å². The first-order chi connectivity index (χ1) is 6.45. The summed E-state index contributed by atoms with van der Waals surface area (Å²) in [6, 6.07) is -0.538. The fraction of sp³-hybridized carbons (Fsp3) is 0.750. The number of carbonyl (C=O) groups is 2. The van der Waals surface area contributed by atoms with Crippen molar-refractivity contribution < 1.29 is 14.3 Å². The molecule has 5 N–H and O–H groups in total. The van der Waals surface area contributed by atoms with Crippen LogP contribution < -0.4 is 16.8 Å². The van der Waals surface area contributed by atoms with Crippen LogP contribution in [0.25, 0.3) is 0 Å². The van der Waals surface area contributed by atoms with Crippen LogP contribution in [0.3, 0.4) is 0 Å². The molecule has 6 nitrogen and oxygen atoms in total. The van der Waals surface area contributed by atoms with Gasteiger partial charge in [0.15, 0.2) is 0 Å². The van der Waals surface area contributed by atoms with E-state index in [0.717, 1.165) is 0 Å². The zero-order valence-corrected chi connectivity index (χ0v) is 8.45. The third kappa shape index (κ3) is 5.36. The second kappa shape index (κ2) is 6.20. The molecular weight excluding hydrogens is 186 g/mol. The smallest absolute Gasteiger partial charge is 0.404 e. The van der Waals surface area contributed by atoms with Crippen LogP contribution in [0.5, 0.6) is 0 Å². The molecule has 0 heterocycles. The van der Waals surface area contributed by atoms with Crippen LogP contribution in [0.15, 0.2) is 0 Å². The minimum absolute atomic E-state index is 0.0614. The highest BCUT2D eigenvalue weighted by atomic mass is 16.5. The number of ether oxygens (including phenoxy) is 1. The van der Waals surface area contributed by atoms with Crippen LogP contribution >= 0.6 is 0 Å². The van der Waals surface area contributed by atoms with Crippen molar-refractivity contribution in [2.24, 2.45) is 17.4 Å². The van der Waals surface area contributed by atoms with E-state index in [4.69, 9.17) is 11.5 Å². The molecule has 0 aromatic heterocycles. The summed E-state index contributed by atoms with van der Waals surface area (Å²) in [4.78, 5) is 21.4. The highest BCUT2D eigenvalue weighted by molar-refractivity contribution is 5.81. The molecule has 0 saturated heterocycles. The van der Waals surface area contributed by atoms with Crippen molar-refractivity contribution in [3.05, 3.63) is 0 Å². The third-order valence-corrected chi connectivity index (χ3v) is 1.67. The summed E-state index contributed by atoms with van der Waals surface area (Å²) in [7, 11) is 0. The summed E-state index contributed by atoms with van der Waals surface area (Å²) >= 11 is 0. The Bertz CT molecular complexity index is 206. The van der Waals surface area contributed by atoms with E-state index in [1.165, 1.54) is 0 Å². The SMILES string of the molecule is CC(C)C(N)C(=O)NCCOC(N)=O. The second-order valence-corrected chi connectivity index (χ2v) is 3.23. The first-order valence-corrected chi connectivity index (χ1v) is 4.40. The number of amides is 2. The molecule has 0 spiro atoms. The Balaban J connectivity index is 3.59. The predicted octanol–water partition coefficient (Wildman–Crippen LogP) is -0.819. The van der Waals surface area contributed by atoms with Crippen molar-refractivity contribution >= 4 is 12.0 Å². The molecule has 0 radical (unpaired) electrons. The molecule has 0 bridgehead atoms. The third-order valence-electron chi connectivity index (χ3n) is 1.67. The molecule has 0 rings (SSSR count). The van der Waals surface area contributed by atoms with Gasteiger partial charge >= 0.3 is 6.09 Å². The highest BCUT2D eigenvalue weighted by Crippen LogP contribution is 1.97. The Morgan fingerprint density at radius 3 is 2.43 bits per heavy atom. The first-order valence-electron chi connectivity index (χ1n) is 4.40. The van der Waals surface area contributed by atoms with Gasteiger partial charge in [-0.2, -0.15) is 0 Å². The maximum absolute atomic E-state index is 11.2. The number of primary amides is 1. The lowest BCUT2D eigenvalue weighted by Crippen LogP contribution is -2.45. The molecule has 0 fully saturated rings. The van der Waals surface area contributed by atoms with E-state index in [9.17, 15) is 9.59 Å². The fourth-order valence-electron chi connectivity index (χ4n) is 0.746. The van der Waals surface area contributed by atoms with Crippen molar-refractivity contribution in [1.82, 2.24) is 5.32 Å². The largest absolute Gasteiger partial charge is 0.448 e. The standard InChI is InChI=1S/C8H17N3O3/c1-5(2)6(9)7(12)11-3-4-14-8(10)13/h5-6H,3-4,9H2,1-2H3,(H2,10,13)(H,11,12). The Morgan fingerprint density at radius 2 is 2.00 bits per heavy atom. The van der Waals surface area contributed by atoms with Gasteiger partial charge < -0.3 is 21.5 Å². The molecule has 0 saturated carbocycles. The Labute approximate surface area is 83.0 Å². The molecule has 0 aromatic rings. The van der Waals surface area contributed by atoms with E-state index >= 15 is 0 Å². The summed E-state index contributed by atoms with van der Waals surface area (Å²) in [6.07, 6.45) is -0.854. The van der Waals surface area contributed by atoms with E-state index in [0.29, 0.717) is 0 Å². The molecular formula is C8H17N3O3. The summed E-state index contributed by atoms with van der Waals surface area (Å²) in [6.45, 7) is 3.99. The monoisotopic (exact) mass is 203 g/mol. The topological polar surface area (TPSA) is 107 Å². The van der Waals surface area contributed by atoms with Crippen LogP contribution in [-0.4, -0.2) is 31.2 Å². The minimum Gasteiger partial charge on any atom is -0.448 e. The second-order valence-electron chi connectivity index (χ2n) is 3.23. The van der Waals surface area contributed by atoms with Gasteiger partial charge in [-0.05, 0) is 5.92 Å². The quantitative estimate of drug-likeness (QED) is 0.507. The van der Waals surface area contributed by atoms with Crippen LogP contribution in [-0.2, 0) is 9.53 Å². The zero-order chi connectivity index (χ0) is 11.1. The van der Waals surface area contributed by atoms with Gasteiger partial charge in [-0.25, -0.2) is 4.79 Å². The first kappa shape index (κ1) is 12.7. The molecule has 0 aliphatic rings. The average molecular weight is 203 g/mol. The molecule has 0 aliphatic heterocycles. The van der Waals surface area contributed by atoms with Gasteiger partial charge in [0.05, 0.1) is 12.6 Å². The van der Waals surface area contributed by atoms with Gasteiger partial charge in [0.2, 0.25) is 5.91 Å². The van der Waals surface area contributed by atoms with Crippen molar-refractivity contribution in [3.63, 3.8) is 0 Å². The molecule has 14 heavy (non-hydrogen) atoms. The lowest BCUT2D eigenvalue weighted by Gasteiger charge is -2.14. The average Bonchev–Trinajstić information content (AvgIpc) is 2.10. The molecule has 1 unspecified atom stereocenters. The Kier molecular flexibility index (Phi) is 5.62.